The highest BCUT2D eigenvalue weighted by Gasteiger charge is 2.28. The van der Waals surface area contributed by atoms with Gasteiger partial charge in [-0.25, -0.2) is 0 Å². The van der Waals surface area contributed by atoms with Gasteiger partial charge in [-0.2, -0.15) is 0 Å². The van der Waals surface area contributed by atoms with Gasteiger partial charge in [0.25, 0.3) is 0 Å². The average Bonchev–Trinajstić information content (AvgIpc) is 2.84. The summed E-state index contributed by atoms with van der Waals surface area (Å²) >= 11 is 0. The Morgan fingerprint density at radius 2 is 2.43 bits per heavy atom. The molecule has 14 heavy (non-hydrogen) atoms. The number of hydrogen-bond donors (Lipinski definition) is 1. The largest absolute Gasteiger partial charge is 0.496 e. The van der Waals surface area contributed by atoms with Gasteiger partial charge in [0.15, 0.2) is 0 Å². The predicted molar refractivity (Wildman–Crippen MR) is 58.1 cm³/mol. The van der Waals surface area contributed by atoms with Crippen molar-refractivity contribution in [3.8, 4) is 0 Å². The molecule has 0 radical (unpaired) electrons. The van der Waals surface area contributed by atoms with E-state index in [-0.39, 0.29) is 0 Å². The summed E-state index contributed by atoms with van der Waals surface area (Å²) in [5.41, 5.74) is 0. The first-order chi connectivity index (χ1) is 6.90. The second-order valence-corrected chi connectivity index (χ2v) is 4.43. The highest BCUT2D eigenvalue weighted by molar-refractivity contribution is 5.08. The van der Waals surface area contributed by atoms with E-state index in [0.29, 0.717) is 6.04 Å². The molecule has 1 saturated carbocycles. The van der Waals surface area contributed by atoms with Crippen LogP contribution in [0.1, 0.15) is 39.0 Å². The van der Waals surface area contributed by atoms with E-state index < -0.39 is 0 Å². The van der Waals surface area contributed by atoms with Crippen molar-refractivity contribution in [2.24, 2.45) is 5.92 Å². The summed E-state index contributed by atoms with van der Waals surface area (Å²) in [5, 5.41) is 3.59. The van der Waals surface area contributed by atoms with Crippen LogP contribution in [0.15, 0.2) is 11.8 Å². The summed E-state index contributed by atoms with van der Waals surface area (Å²) in [6.07, 6.45) is 8.70. The SMILES string of the molecule is CCCNC(CC1CC1)C1=CCCO1. The Bertz CT molecular complexity index is 208. The molecule has 1 N–H and O–H groups in total. The third kappa shape index (κ3) is 2.74. The van der Waals surface area contributed by atoms with Gasteiger partial charge in [0.2, 0.25) is 0 Å². The lowest BCUT2D eigenvalue weighted by Gasteiger charge is -2.19. The molecule has 0 saturated heterocycles. The fourth-order valence-electron chi connectivity index (χ4n) is 1.99. The smallest absolute Gasteiger partial charge is 0.109 e. The Morgan fingerprint density at radius 1 is 1.57 bits per heavy atom. The van der Waals surface area contributed by atoms with Crippen LogP contribution in [-0.2, 0) is 4.74 Å². The summed E-state index contributed by atoms with van der Waals surface area (Å²) in [5.74, 6) is 2.18. The minimum absolute atomic E-state index is 0.505. The second-order valence-electron chi connectivity index (χ2n) is 4.43. The van der Waals surface area contributed by atoms with Crippen LogP contribution in [0.25, 0.3) is 0 Å². The summed E-state index contributed by atoms with van der Waals surface area (Å²) < 4.78 is 5.64. The number of ether oxygens (including phenoxy) is 1. The maximum absolute atomic E-state index is 5.64. The van der Waals surface area contributed by atoms with E-state index in [1.807, 2.05) is 0 Å². The first-order valence-corrected chi connectivity index (χ1v) is 5.96. The molecule has 1 atom stereocenters. The molecule has 0 aromatic carbocycles. The minimum Gasteiger partial charge on any atom is -0.496 e. The zero-order chi connectivity index (χ0) is 9.80. The summed E-state index contributed by atoms with van der Waals surface area (Å²) in [7, 11) is 0. The summed E-state index contributed by atoms with van der Waals surface area (Å²) in [6.45, 7) is 4.22. The van der Waals surface area contributed by atoms with Gasteiger partial charge in [0.05, 0.1) is 12.6 Å². The zero-order valence-corrected chi connectivity index (χ0v) is 9.09. The Kier molecular flexibility index (Phi) is 3.46. The van der Waals surface area contributed by atoms with Gasteiger partial charge >= 0.3 is 0 Å². The van der Waals surface area contributed by atoms with E-state index >= 15 is 0 Å². The van der Waals surface area contributed by atoms with Crippen molar-refractivity contribution in [2.75, 3.05) is 13.2 Å². The monoisotopic (exact) mass is 195 g/mol. The molecule has 2 heteroatoms. The molecule has 0 bridgehead atoms. The zero-order valence-electron chi connectivity index (χ0n) is 9.09. The van der Waals surface area contributed by atoms with Crippen molar-refractivity contribution in [3.05, 3.63) is 11.8 Å². The second kappa shape index (κ2) is 4.83. The van der Waals surface area contributed by atoms with Gasteiger partial charge < -0.3 is 10.1 Å². The molecular weight excluding hydrogens is 174 g/mol. The fraction of sp³-hybridized carbons (Fsp3) is 0.833. The quantitative estimate of drug-likeness (QED) is 0.703. The Balaban J connectivity index is 1.83. The Labute approximate surface area is 86.7 Å². The molecule has 2 nitrogen and oxygen atoms in total. The minimum atomic E-state index is 0.505. The fourth-order valence-corrected chi connectivity index (χ4v) is 1.99. The molecule has 0 amide bonds. The Hall–Kier alpha value is -0.500. The van der Waals surface area contributed by atoms with Gasteiger partial charge in [0, 0.05) is 6.42 Å². The van der Waals surface area contributed by atoms with E-state index in [2.05, 4.69) is 18.3 Å². The predicted octanol–water partition coefficient (Wildman–Crippen LogP) is 2.46. The highest BCUT2D eigenvalue weighted by Crippen LogP contribution is 2.35. The molecule has 1 aliphatic carbocycles. The van der Waals surface area contributed by atoms with E-state index in [1.54, 1.807) is 0 Å². The van der Waals surface area contributed by atoms with Crippen LogP contribution in [-0.4, -0.2) is 19.2 Å². The van der Waals surface area contributed by atoms with Crippen LogP contribution >= 0.6 is 0 Å². The lowest BCUT2D eigenvalue weighted by molar-refractivity contribution is 0.209. The highest BCUT2D eigenvalue weighted by atomic mass is 16.5. The average molecular weight is 195 g/mol. The molecule has 1 heterocycles. The third-order valence-corrected chi connectivity index (χ3v) is 2.98. The van der Waals surface area contributed by atoms with E-state index in [0.717, 1.165) is 25.5 Å². The molecule has 2 aliphatic rings. The van der Waals surface area contributed by atoms with Crippen LogP contribution in [0.2, 0.25) is 0 Å². The number of rotatable bonds is 6. The van der Waals surface area contributed by atoms with Crippen LogP contribution in [0.4, 0.5) is 0 Å². The van der Waals surface area contributed by atoms with E-state index in [4.69, 9.17) is 4.74 Å². The van der Waals surface area contributed by atoms with Gasteiger partial charge in [0.1, 0.15) is 5.76 Å². The molecule has 1 fully saturated rings. The van der Waals surface area contributed by atoms with Gasteiger partial charge in [-0.05, 0) is 31.4 Å². The molecule has 1 unspecified atom stereocenters. The van der Waals surface area contributed by atoms with Gasteiger partial charge in [-0.1, -0.05) is 19.8 Å². The Morgan fingerprint density at radius 3 is 3.00 bits per heavy atom. The topological polar surface area (TPSA) is 21.3 Å². The lowest BCUT2D eigenvalue weighted by Crippen LogP contribution is -2.32. The molecular formula is C12H21NO. The third-order valence-electron chi connectivity index (χ3n) is 2.98. The van der Waals surface area contributed by atoms with Gasteiger partial charge in [-0.3, -0.25) is 0 Å². The number of nitrogens with one attached hydrogen (secondary N) is 1. The van der Waals surface area contributed by atoms with Crippen LogP contribution < -0.4 is 5.32 Å². The standard InChI is InChI=1S/C12H21NO/c1-2-7-13-11(9-10-5-6-10)12-4-3-8-14-12/h4,10-11,13H,2-3,5-9H2,1H3. The van der Waals surface area contributed by atoms with Crippen molar-refractivity contribution >= 4 is 0 Å². The lowest BCUT2D eigenvalue weighted by atomic mass is 10.1. The summed E-state index contributed by atoms with van der Waals surface area (Å²) in [4.78, 5) is 0. The molecule has 2 rings (SSSR count). The van der Waals surface area contributed by atoms with Crippen molar-refractivity contribution in [3.63, 3.8) is 0 Å². The molecule has 0 spiro atoms. The van der Waals surface area contributed by atoms with Crippen molar-refractivity contribution < 1.29 is 4.74 Å². The van der Waals surface area contributed by atoms with Crippen LogP contribution in [0.5, 0.6) is 0 Å². The van der Waals surface area contributed by atoms with E-state index in [1.165, 1.54) is 31.4 Å². The maximum atomic E-state index is 5.64. The van der Waals surface area contributed by atoms with Gasteiger partial charge in [-0.15, -0.1) is 0 Å². The first kappa shape index (κ1) is 10.0. The van der Waals surface area contributed by atoms with Crippen LogP contribution in [0.3, 0.4) is 0 Å². The molecule has 80 valence electrons. The molecule has 0 aromatic rings. The first-order valence-electron chi connectivity index (χ1n) is 5.96. The maximum Gasteiger partial charge on any atom is 0.109 e. The normalized spacial score (nSPS) is 23.1. The molecule has 0 aromatic heterocycles. The van der Waals surface area contributed by atoms with E-state index in [9.17, 15) is 0 Å². The van der Waals surface area contributed by atoms with Crippen molar-refractivity contribution in [1.82, 2.24) is 5.32 Å². The van der Waals surface area contributed by atoms with Crippen molar-refractivity contribution in [1.29, 1.82) is 0 Å². The number of hydrogen-bond acceptors (Lipinski definition) is 2. The summed E-state index contributed by atoms with van der Waals surface area (Å²) in [6, 6.07) is 0.505. The van der Waals surface area contributed by atoms with Crippen LogP contribution in [0, 0.1) is 5.92 Å². The molecule has 1 aliphatic heterocycles. The van der Waals surface area contributed by atoms with Crippen molar-refractivity contribution in [2.45, 2.75) is 45.1 Å².